The number of nitrogens with one attached hydrogen (secondary N) is 1. The van der Waals surface area contributed by atoms with Crippen molar-refractivity contribution in [1.82, 2.24) is 14.8 Å². The molecule has 0 saturated carbocycles. The third-order valence-corrected chi connectivity index (χ3v) is 4.88. The number of benzene rings is 1. The Balaban J connectivity index is 1.75. The number of rotatable bonds is 6. The van der Waals surface area contributed by atoms with Gasteiger partial charge < -0.3 is 10.1 Å². The number of pyridine rings is 1. The van der Waals surface area contributed by atoms with E-state index in [4.69, 9.17) is 16.3 Å². The maximum atomic E-state index is 12.6. The summed E-state index contributed by atoms with van der Waals surface area (Å²) in [6, 6.07) is 13.0. The van der Waals surface area contributed by atoms with E-state index >= 15 is 0 Å². The van der Waals surface area contributed by atoms with Crippen LogP contribution in [0.3, 0.4) is 0 Å². The van der Waals surface area contributed by atoms with Crippen molar-refractivity contribution in [1.29, 1.82) is 0 Å². The smallest absolute Gasteiger partial charge is 0.276 e. The van der Waals surface area contributed by atoms with Crippen molar-refractivity contribution in [2.45, 2.75) is 10.6 Å². The van der Waals surface area contributed by atoms with Crippen molar-refractivity contribution < 1.29 is 9.53 Å². The number of aromatic nitrogens is 3. The first-order chi connectivity index (χ1) is 12.5. The molecule has 2 heterocycles. The highest BCUT2D eigenvalue weighted by molar-refractivity contribution is 7.98. The zero-order valence-electron chi connectivity index (χ0n) is 14.3. The Morgan fingerprint density at radius 2 is 2.00 bits per heavy atom. The molecule has 0 fully saturated rings. The molecular formula is C18H17ClN4O2S. The lowest BCUT2D eigenvalue weighted by Gasteiger charge is -2.09. The normalized spacial score (nSPS) is 10.6. The predicted molar refractivity (Wildman–Crippen MR) is 103 cm³/mol. The second-order valence-electron chi connectivity index (χ2n) is 5.45. The largest absolute Gasteiger partial charge is 0.497 e. The molecule has 0 atom stereocenters. The lowest BCUT2D eigenvalue weighted by molar-refractivity contribution is 0.101. The highest BCUT2D eigenvalue weighted by Gasteiger charge is 2.16. The molecule has 0 saturated heterocycles. The first-order valence-electron chi connectivity index (χ1n) is 7.78. The summed E-state index contributed by atoms with van der Waals surface area (Å²) in [6.45, 7) is 0. The highest BCUT2D eigenvalue weighted by Crippen LogP contribution is 2.28. The van der Waals surface area contributed by atoms with Gasteiger partial charge in [0.2, 0.25) is 0 Å². The van der Waals surface area contributed by atoms with Crippen LogP contribution in [0.15, 0.2) is 53.6 Å². The fourth-order valence-corrected chi connectivity index (χ4v) is 3.34. The number of methoxy groups -OCH3 is 1. The van der Waals surface area contributed by atoms with Crippen LogP contribution in [0.4, 0.5) is 5.82 Å². The van der Waals surface area contributed by atoms with Gasteiger partial charge in [-0.25, -0.2) is 4.98 Å². The Labute approximate surface area is 160 Å². The first kappa shape index (κ1) is 18.3. The molecule has 1 aromatic carbocycles. The number of anilines is 1. The molecule has 8 heteroatoms. The Morgan fingerprint density at radius 1 is 1.23 bits per heavy atom. The van der Waals surface area contributed by atoms with Crippen molar-refractivity contribution in [2.75, 3.05) is 12.4 Å². The summed E-state index contributed by atoms with van der Waals surface area (Å²) in [5.74, 6) is 1.62. The van der Waals surface area contributed by atoms with Gasteiger partial charge in [0.1, 0.15) is 16.6 Å². The van der Waals surface area contributed by atoms with Gasteiger partial charge >= 0.3 is 0 Å². The van der Waals surface area contributed by atoms with Crippen LogP contribution in [0.2, 0.25) is 5.15 Å². The number of hydrogen-bond acceptors (Lipinski definition) is 5. The second kappa shape index (κ2) is 8.25. The standard InChI is InChI=1S/C18H17ClN4O2S/c1-23-10-9-16(22-23)21-18(24)17-14(7-8-15(19)20-17)26-11-12-3-5-13(25-2)6-4-12/h3-10H,11H2,1-2H3,(H,21,22,24). The molecule has 0 aliphatic carbocycles. The number of aryl methyl sites for hydroxylation is 1. The van der Waals surface area contributed by atoms with E-state index in [2.05, 4.69) is 15.4 Å². The molecule has 0 bridgehead atoms. The van der Waals surface area contributed by atoms with E-state index in [9.17, 15) is 4.79 Å². The van der Waals surface area contributed by atoms with Gasteiger partial charge in [-0.1, -0.05) is 23.7 Å². The molecule has 0 unspecified atom stereocenters. The quantitative estimate of drug-likeness (QED) is 0.510. The van der Waals surface area contributed by atoms with Gasteiger partial charge in [0.15, 0.2) is 5.82 Å². The van der Waals surface area contributed by atoms with Gasteiger partial charge in [-0.3, -0.25) is 9.48 Å². The molecule has 3 rings (SSSR count). The van der Waals surface area contributed by atoms with Crippen LogP contribution >= 0.6 is 23.4 Å². The second-order valence-corrected chi connectivity index (χ2v) is 6.85. The summed E-state index contributed by atoms with van der Waals surface area (Å²) in [4.78, 5) is 17.5. The predicted octanol–water partition coefficient (Wildman–Crippen LogP) is 4.02. The van der Waals surface area contributed by atoms with Crippen LogP contribution < -0.4 is 10.1 Å². The third kappa shape index (κ3) is 4.56. The Bertz CT molecular complexity index is 912. The molecule has 0 spiro atoms. The van der Waals surface area contributed by atoms with E-state index in [1.165, 1.54) is 11.8 Å². The van der Waals surface area contributed by atoms with Crippen LogP contribution in [0.1, 0.15) is 16.1 Å². The van der Waals surface area contributed by atoms with Crippen LogP contribution in [0.5, 0.6) is 5.75 Å². The van der Waals surface area contributed by atoms with E-state index in [-0.39, 0.29) is 16.8 Å². The van der Waals surface area contributed by atoms with Crippen molar-refractivity contribution in [3.05, 3.63) is 65.1 Å². The first-order valence-corrected chi connectivity index (χ1v) is 9.15. The van der Waals surface area contributed by atoms with E-state index < -0.39 is 0 Å². The fourth-order valence-electron chi connectivity index (χ4n) is 2.24. The highest BCUT2D eigenvalue weighted by atomic mass is 35.5. The van der Waals surface area contributed by atoms with Crippen LogP contribution in [0, 0.1) is 0 Å². The maximum Gasteiger partial charge on any atom is 0.276 e. The molecule has 0 aliphatic heterocycles. The number of thioether (sulfide) groups is 1. The van der Waals surface area contributed by atoms with Crippen LogP contribution in [-0.2, 0) is 12.8 Å². The SMILES string of the molecule is COc1ccc(CSc2ccc(Cl)nc2C(=O)Nc2ccn(C)n2)cc1. The average Bonchev–Trinajstić information content (AvgIpc) is 3.05. The van der Waals surface area contributed by atoms with Gasteiger partial charge in [0.05, 0.1) is 7.11 Å². The molecule has 6 nitrogen and oxygen atoms in total. The third-order valence-electron chi connectivity index (χ3n) is 3.55. The van der Waals surface area contributed by atoms with E-state index in [0.717, 1.165) is 16.2 Å². The Morgan fingerprint density at radius 3 is 2.65 bits per heavy atom. The fraction of sp³-hybridized carbons (Fsp3) is 0.167. The lowest BCUT2D eigenvalue weighted by Crippen LogP contribution is -2.15. The molecule has 1 N–H and O–H groups in total. The van der Waals surface area contributed by atoms with Gasteiger partial charge in [-0.15, -0.1) is 11.8 Å². The maximum absolute atomic E-state index is 12.6. The van der Waals surface area contributed by atoms with E-state index in [1.807, 2.05) is 24.3 Å². The van der Waals surface area contributed by atoms with Crippen LogP contribution in [-0.4, -0.2) is 27.8 Å². The van der Waals surface area contributed by atoms with Crippen LogP contribution in [0.25, 0.3) is 0 Å². The summed E-state index contributed by atoms with van der Waals surface area (Å²) >= 11 is 7.50. The zero-order chi connectivity index (χ0) is 18.5. The van der Waals surface area contributed by atoms with Crippen molar-refractivity contribution in [2.24, 2.45) is 7.05 Å². The van der Waals surface area contributed by atoms with Crippen molar-refractivity contribution >= 4 is 35.1 Å². The molecule has 3 aromatic rings. The molecule has 26 heavy (non-hydrogen) atoms. The van der Waals surface area contributed by atoms with Gasteiger partial charge in [-0.2, -0.15) is 5.10 Å². The number of nitrogens with zero attached hydrogens (tertiary/aromatic N) is 3. The van der Waals surface area contributed by atoms with Gasteiger partial charge in [0, 0.05) is 30.0 Å². The number of halogens is 1. The number of carbonyl (C=O) groups excluding carboxylic acids is 1. The summed E-state index contributed by atoms with van der Waals surface area (Å²) in [5, 5.41) is 7.15. The molecule has 1 amide bonds. The summed E-state index contributed by atoms with van der Waals surface area (Å²) < 4.78 is 6.77. The number of amides is 1. The molecule has 0 aliphatic rings. The van der Waals surface area contributed by atoms with E-state index in [1.54, 1.807) is 43.2 Å². The Hall–Kier alpha value is -2.51. The summed E-state index contributed by atoms with van der Waals surface area (Å²) in [5.41, 5.74) is 1.39. The minimum absolute atomic E-state index is 0.268. The van der Waals surface area contributed by atoms with Crippen molar-refractivity contribution in [3.63, 3.8) is 0 Å². The molecule has 0 radical (unpaired) electrons. The molecule has 134 valence electrons. The summed E-state index contributed by atoms with van der Waals surface area (Å²) in [6.07, 6.45) is 1.75. The Kier molecular flexibility index (Phi) is 5.80. The van der Waals surface area contributed by atoms with Gasteiger partial charge in [0.25, 0.3) is 5.91 Å². The number of ether oxygens (including phenoxy) is 1. The van der Waals surface area contributed by atoms with Gasteiger partial charge in [-0.05, 0) is 29.8 Å². The van der Waals surface area contributed by atoms with E-state index in [0.29, 0.717) is 11.6 Å². The minimum atomic E-state index is -0.344. The summed E-state index contributed by atoms with van der Waals surface area (Å²) in [7, 11) is 3.42. The number of carbonyl (C=O) groups is 1. The average molecular weight is 389 g/mol. The monoisotopic (exact) mass is 388 g/mol. The zero-order valence-corrected chi connectivity index (χ0v) is 15.8. The number of hydrogen-bond donors (Lipinski definition) is 1. The topological polar surface area (TPSA) is 69.0 Å². The lowest BCUT2D eigenvalue weighted by atomic mass is 10.2. The minimum Gasteiger partial charge on any atom is -0.497 e. The molecular weight excluding hydrogens is 372 g/mol. The molecule has 2 aromatic heterocycles. The van der Waals surface area contributed by atoms with Crippen molar-refractivity contribution in [3.8, 4) is 5.75 Å².